The monoisotopic (exact) mass is 555 g/mol. The minimum atomic E-state index is -0.305. The van der Waals surface area contributed by atoms with Gasteiger partial charge in [0.15, 0.2) is 5.96 Å². The van der Waals surface area contributed by atoms with Crippen molar-refractivity contribution in [3.05, 3.63) is 59.9 Å². The van der Waals surface area contributed by atoms with Crippen molar-refractivity contribution in [1.82, 2.24) is 16.0 Å². The average Bonchev–Trinajstić information content (AvgIpc) is 3.25. The molecular formula is C23H31FIN5O2. The van der Waals surface area contributed by atoms with E-state index in [2.05, 4.69) is 31.9 Å². The Bertz CT molecular complexity index is 894. The Balaban J connectivity index is 0.00000363. The van der Waals surface area contributed by atoms with Crippen LogP contribution in [-0.4, -0.2) is 58.2 Å². The van der Waals surface area contributed by atoms with Crippen molar-refractivity contribution in [3.8, 4) is 5.75 Å². The summed E-state index contributed by atoms with van der Waals surface area (Å²) in [5.41, 5.74) is 1.88. The highest BCUT2D eigenvalue weighted by molar-refractivity contribution is 14.0. The second-order valence-electron chi connectivity index (χ2n) is 7.40. The topological polar surface area (TPSA) is 78.0 Å². The molecule has 3 rings (SSSR count). The second kappa shape index (κ2) is 13.1. The van der Waals surface area contributed by atoms with E-state index in [0.29, 0.717) is 19.0 Å². The molecule has 2 aromatic rings. The third-order valence-corrected chi connectivity index (χ3v) is 5.20. The van der Waals surface area contributed by atoms with E-state index in [1.165, 1.54) is 12.1 Å². The largest absolute Gasteiger partial charge is 0.495 e. The van der Waals surface area contributed by atoms with Crippen LogP contribution in [0, 0.1) is 5.82 Å². The quantitative estimate of drug-likeness (QED) is 0.202. The summed E-state index contributed by atoms with van der Waals surface area (Å²) in [5, 5.41) is 9.54. The SMILES string of the molecule is CN=C(NCCNC(=O)Cc1ccc(F)cc1)NC1CCN(c2ccccc2OC)C1.I. The van der Waals surface area contributed by atoms with Gasteiger partial charge in [-0.05, 0) is 36.2 Å². The van der Waals surface area contributed by atoms with Gasteiger partial charge in [0.05, 0.1) is 19.2 Å². The highest BCUT2D eigenvalue weighted by Crippen LogP contribution is 2.30. The minimum Gasteiger partial charge on any atom is -0.495 e. The predicted molar refractivity (Wildman–Crippen MR) is 137 cm³/mol. The number of aliphatic imine (C=N–C) groups is 1. The Morgan fingerprint density at radius 1 is 1.16 bits per heavy atom. The van der Waals surface area contributed by atoms with Crippen molar-refractivity contribution in [1.29, 1.82) is 0 Å². The maximum Gasteiger partial charge on any atom is 0.224 e. The van der Waals surface area contributed by atoms with Crippen molar-refractivity contribution in [2.75, 3.05) is 45.2 Å². The number of carbonyl (C=O) groups is 1. The summed E-state index contributed by atoms with van der Waals surface area (Å²) in [6.07, 6.45) is 1.22. The molecule has 1 fully saturated rings. The lowest BCUT2D eigenvalue weighted by atomic mass is 10.1. The summed E-state index contributed by atoms with van der Waals surface area (Å²) in [5.74, 6) is 1.18. The zero-order valence-electron chi connectivity index (χ0n) is 18.4. The first-order chi connectivity index (χ1) is 15.1. The molecule has 1 unspecified atom stereocenters. The van der Waals surface area contributed by atoms with E-state index in [1.54, 1.807) is 26.3 Å². The normalized spacial score (nSPS) is 15.7. The summed E-state index contributed by atoms with van der Waals surface area (Å²) < 4.78 is 18.4. The molecule has 32 heavy (non-hydrogen) atoms. The number of nitrogens with one attached hydrogen (secondary N) is 3. The molecule has 1 aliphatic rings. The van der Waals surface area contributed by atoms with E-state index >= 15 is 0 Å². The Morgan fingerprint density at radius 3 is 2.59 bits per heavy atom. The van der Waals surface area contributed by atoms with Gasteiger partial charge in [-0.2, -0.15) is 0 Å². The molecule has 1 saturated heterocycles. The van der Waals surface area contributed by atoms with Crippen LogP contribution in [0.4, 0.5) is 10.1 Å². The number of benzene rings is 2. The van der Waals surface area contributed by atoms with Gasteiger partial charge in [0, 0.05) is 39.3 Å². The number of anilines is 1. The third-order valence-electron chi connectivity index (χ3n) is 5.20. The molecule has 7 nitrogen and oxygen atoms in total. The molecule has 2 aromatic carbocycles. The van der Waals surface area contributed by atoms with Crippen LogP contribution in [0.25, 0.3) is 0 Å². The van der Waals surface area contributed by atoms with Gasteiger partial charge in [0.25, 0.3) is 0 Å². The molecule has 0 radical (unpaired) electrons. The molecule has 0 aliphatic carbocycles. The van der Waals surface area contributed by atoms with E-state index in [1.807, 2.05) is 18.2 Å². The molecule has 1 aliphatic heterocycles. The van der Waals surface area contributed by atoms with E-state index in [4.69, 9.17) is 4.74 Å². The van der Waals surface area contributed by atoms with Crippen LogP contribution in [0.1, 0.15) is 12.0 Å². The molecule has 1 amide bonds. The Morgan fingerprint density at radius 2 is 1.88 bits per heavy atom. The fraction of sp³-hybridized carbons (Fsp3) is 0.391. The molecule has 174 valence electrons. The van der Waals surface area contributed by atoms with Crippen molar-refractivity contribution >= 4 is 41.5 Å². The van der Waals surface area contributed by atoms with Gasteiger partial charge in [-0.15, -0.1) is 24.0 Å². The van der Waals surface area contributed by atoms with E-state index in [-0.39, 0.29) is 48.2 Å². The second-order valence-corrected chi connectivity index (χ2v) is 7.40. The lowest BCUT2D eigenvalue weighted by Gasteiger charge is -2.22. The number of rotatable bonds is 8. The molecule has 9 heteroatoms. The number of para-hydroxylation sites is 2. The van der Waals surface area contributed by atoms with Crippen LogP contribution in [0.15, 0.2) is 53.5 Å². The maximum atomic E-state index is 12.9. The number of hydrogen-bond donors (Lipinski definition) is 3. The lowest BCUT2D eigenvalue weighted by molar-refractivity contribution is -0.120. The number of ether oxygens (including phenoxy) is 1. The highest BCUT2D eigenvalue weighted by Gasteiger charge is 2.25. The highest BCUT2D eigenvalue weighted by atomic mass is 127. The first-order valence-electron chi connectivity index (χ1n) is 10.5. The predicted octanol–water partition coefficient (Wildman–Crippen LogP) is 2.55. The zero-order valence-corrected chi connectivity index (χ0v) is 20.8. The molecule has 1 heterocycles. The van der Waals surface area contributed by atoms with Crippen LogP contribution in [-0.2, 0) is 11.2 Å². The standard InChI is InChI=1S/C23H30FN5O2.HI/c1-25-23(27-13-12-26-22(30)15-17-7-9-18(24)10-8-17)28-19-11-14-29(16-19)20-5-3-4-6-21(20)31-2;/h3-10,19H,11-16H2,1-2H3,(H,26,30)(H2,25,27,28);1H. The van der Waals surface area contributed by atoms with Gasteiger partial charge in [-0.3, -0.25) is 9.79 Å². The molecule has 0 spiro atoms. The van der Waals surface area contributed by atoms with Gasteiger partial charge in [-0.1, -0.05) is 24.3 Å². The Kier molecular flexibility index (Phi) is 10.5. The molecule has 0 saturated carbocycles. The van der Waals surface area contributed by atoms with Gasteiger partial charge in [0.1, 0.15) is 11.6 Å². The van der Waals surface area contributed by atoms with Crippen molar-refractivity contribution in [2.45, 2.75) is 18.9 Å². The number of guanidine groups is 1. The van der Waals surface area contributed by atoms with Gasteiger partial charge < -0.3 is 25.6 Å². The fourth-order valence-electron chi connectivity index (χ4n) is 3.61. The minimum absolute atomic E-state index is 0. The maximum absolute atomic E-state index is 12.9. The summed E-state index contributed by atoms with van der Waals surface area (Å²) in [6, 6.07) is 14.3. The number of carbonyl (C=O) groups excluding carboxylic acids is 1. The number of halogens is 2. The average molecular weight is 555 g/mol. The number of nitrogens with zero attached hydrogens (tertiary/aromatic N) is 2. The van der Waals surface area contributed by atoms with Crippen LogP contribution in [0.3, 0.4) is 0 Å². The van der Waals surface area contributed by atoms with Gasteiger partial charge in [-0.25, -0.2) is 4.39 Å². The van der Waals surface area contributed by atoms with Gasteiger partial charge in [0.2, 0.25) is 5.91 Å². The third kappa shape index (κ3) is 7.54. The van der Waals surface area contributed by atoms with Crippen LogP contribution in [0.2, 0.25) is 0 Å². The Labute approximate surface area is 205 Å². The van der Waals surface area contributed by atoms with Crippen molar-refractivity contribution < 1.29 is 13.9 Å². The van der Waals surface area contributed by atoms with E-state index < -0.39 is 0 Å². The van der Waals surface area contributed by atoms with E-state index in [0.717, 1.165) is 36.5 Å². The molecule has 0 aromatic heterocycles. The summed E-state index contributed by atoms with van der Waals surface area (Å²) in [7, 11) is 3.42. The molecule has 0 bridgehead atoms. The summed E-state index contributed by atoms with van der Waals surface area (Å²) in [6.45, 7) is 2.82. The molecule has 3 N–H and O–H groups in total. The smallest absolute Gasteiger partial charge is 0.224 e. The van der Waals surface area contributed by atoms with Gasteiger partial charge >= 0.3 is 0 Å². The zero-order chi connectivity index (χ0) is 22.1. The summed E-state index contributed by atoms with van der Waals surface area (Å²) >= 11 is 0. The number of hydrogen-bond acceptors (Lipinski definition) is 4. The van der Waals surface area contributed by atoms with E-state index in [9.17, 15) is 9.18 Å². The number of methoxy groups -OCH3 is 1. The Hall–Kier alpha value is -2.56. The molecular weight excluding hydrogens is 524 g/mol. The first kappa shape index (κ1) is 25.7. The summed E-state index contributed by atoms with van der Waals surface area (Å²) in [4.78, 5) is 18.6. The van der Waals surface area contributed by atoms with Crippen molar-refractivity contribution in [3.63, 3.8) is 0 Å². The molecule has 1 atom stereocenters. The van der Waals surface area contributed by atoms with Crippen LogP contribution in [0.5, 0.6) is 5.75 Å². The number of amides is 1. The first-order valence-corrected chi connectivity index (χ1v) is 10.5. The van der Waals surface area contributed by atoms with Crippen molar-refractivity contribution in [2.24, 2.45) is 4.99 Å². The lowest BCUT2D eigenvalue weighted by Crippen LogP contribution is -2.46. The van der Waals surface area contributed by atoms with Crippen LogP contribution >= 0.6 is 24.0 Å². The van der Waals surface area contributed by atoms with Crippen LogP contribution < -0.4 is 25.6 Å². The fourth-order valence-corrected chi connectivity index (χ4v) is 3.61.